The van der Waals surface area contributed by atoms with Gasteiger partial charge in [0.25, 0.3) is 5.56 Å². The number of methoxy groups -OCH3 is 1. The molecule has 1 fully saturated rings. The van der Waals surface area contributed by atoms with Crippen LogP contribution in [0, 0.1) is 12.8 Å². The number of aromatic amines is 1. The van der Waals surface area contributed by atoms with Gasteiger partial charge >= 0.3 is 0 Å². The predicted octanol–water partition coefficient (Wildman–Crippen LogP) is 3.29. The van der Waals surface area contributed by atoms with Gasteiger partial charge in [-0.3, -0.25) is 14.8 Å². The number of pyridine rings is 1. The molecule has 3 aromatic rings. The number of fused-ring (bicyclic) bond motifs is 4. The molecule has 0 radical (unpaired) electrons. The number of ether oxygens (including phenoxy) is 1. The van der Waals surface area contributed by atoms with Gasteiger partial charge in [0.2, 0.25) is 0 Å². The molecule has 0 amide bonds. The van der Waals surface area contributed by atoms with Crippen LogP contribution in [0.15, 0.2) is 53.3 Å². The van der Waals surface area contributed by atoms with Gasteiger partial charge in [-0.15, -0.1) is 0 Å². The van der Waals surface area contributed by atoms with Crippen molar-refractivity contribution in [1.82, 2.24) is 19.7 Å². The molecule has 6 nitrogen and oxygen atoms in total. The van der Waals surface area contributed by atoms with Crippen LogP contribution in [-0.4, -0.2) is 39.9 Å². The van der Waals surface area contributed by atoms with Crippen molar-refractivity contribution in [3.63, 3.8) is 0 Å². The van der Waals surface area contributed by atoms with Gasteiger partial charge < -0.3 is 9.30 Å². The van der Waals surface area contributed by atoms with Crippen LogP contribution in [0.5, 0.6) is 5.75 Å². The van der Waals surface area contributed by atoms with E-state index >= 15 is 0 Å². The van der Waals surface area contributed by atoms with E-state index in [1.807, 2.05) is 25.1 Å². The first-order valence-corrected chi connectivity index (χ1v) is 10.7. The van der Waals surface area contributed by atoms with Crippen molar-refractivity contribution in [2.24, 2.45) is 5.92 Å². The number of nitrogens with one attached hydrogen (secondary N) is 1. The number of rotatable bonds is 5. The maximum atomic E-state index is 12.9. The van der Waals surface area contributed by atoms with Gasteiger partial charge in [-0.25, -0.2) is 0 Å². The number of piperidine rings is 1. The molecule has 0 saturated carbocycles. The fraction of sp³-hybridized carbons (Fsp3) is 0.417. The fourth-order valence-electron chi connectivity index (χ4n) is 5.35. The molecule has 1 saturated heterocycles. The Bertz CT molecular complexity index is 1100. The van der Waals surface area contributed by atoms with Crippen molar-refractivity contribution in [3.8, 4) is 5.75 Å². The summed E-state index contributed by atoms with van der Waals surface area (Å²) in [7, 11) is 1.69. The minimum absolute atomic E-state index is 0.117. The molecule has 3 atom stereocenters. The Morgan fingerprint density at radius 3 is 2.83 bits per heavy atom. The first-order valence-electron chi connectivity index (χ1n) is 10.7. The summed E-state index contributed by atoms with van der Waals surface area (Å²) in [4.78, 5) is 15.4. The Hall–Kier alpha value is -2.86. The second-order valence-electron chi connectivity index (χ2n) is 8.71. The number of benzene rings is 1. The SMILES string of the molecule is COc1cccc(C[C@H]2[C@H]3C[C@H](CN(Cc4cc(C)[nH]n4)C3)c3cccc(=O)n32)c1. The monoisotopic (exact) mass is 404 g/mol. The Kier molecular flexibility index (Phi) is 4.95. The summed E-state index contributed by atoms with van der Waals surface area (Å²) in [6.45, 7) is 4.84. The number of hydrogen-bond donors (Lipinski definition) is 1. The zero-order valence-electron chi connectivity index (χ0n) is 17.5. The molecule has 5 rings (SSSR count). The summed E-state index contributed by atoms with van der Waals surface area (Å²) < 4.78 is 7.50. The molecule has 4 heterocycles. The third-order valence-electron chi connectivity index (χ3n) is 6.60. The summed E-state index contributed by atoms with van der Waals surface area (Å²) in [5.74, 6) is 1.68. The van der Waals surface area contributed by atoms with Crippen molar-refractivity contribution < 1.29 is 4.74 Å². The van der Waals surface area contributed by atoms with Crippen LogP contribution in [-0.2, 0) is 13.0 Å². The molecule has 1 aromatic carbocycles. The van der Waals surface area contributed by atoms with Crippen molar-refractivity contribution in [2.45, 2.75) is 38.3 Å². The number of likely N-dealkylation sites (tertiary alicyclic amines) is 1. The zero-order chi connectivity index (χ0) is 20.7. The minimum Gasteiger partial charge on any atom is -0.497 e. The van der Waals surface area contributed by atoms with Gasteiger partial charge in [0.15, 0.2) is 0 Å². The van der Waals surface area contributed by atoms with Crippen LogP contribution in [0.25, 0.3) is 0 Å². The molecule has 6 heteroatoms. The van der Waals surface area contributed by atoms with E-state index < -0.39 is 0 Å². The van der Waals surface area contributed by atoms with Crippen LogP contribution in [0.4, 0.5) is 0 Å². The molecule has 0 spiro atoms. The molecule has 0 aliphatic carbocycles. The van der Waals surface area contributed by atoms with Crippen LogP contribution >= 0.6 is 0 Å². The van der Waals surface area contributed by atoms with E-state index in [0.29, 0.717) is 11.8 Å². The van der Waals surface area contributed by atoms with Crippen molar-refractivity contribution >= 4 is 0 Å². The Balaban J connectivity index is 1.48. The Morgan fingerprint density at radius 2 is 2.03 bits per heavy atom. The fourth-order valence-corrected chi connectivity index (χ4v) is 5.35. The smallest absolute Gasteiger partial charge is 0.251 e. The average molecular weight is 405 g/mol. The lowest BCUT2D eigenvalue weighted by Gasteiger charge is -2.47. The summed E-state index contributed by atoms with van der Waals surface area (Å²) in [5, 5.41) is 7.48. The molecule has 30 heavy (non-hydrogen) atoms. The number of hydrogen-bond acceptors (Lipinski definition) is 4. The molecule has 2 bridgehead atoms. The molecule has 156 valence electrons. The second-order valence-corrected chi connectivity index (χ2v) is 8.71. The molecule has 2 aliphatic heterocycles. The maximum Gasteiger partial charge on any atom is 0.251 e. The van der Waals surface area contributed by atoms with Crippen molar-refractivity contribution in [3.05, 3.63) is 81.5 Å². The highest BCUT2D eigenvalue weighted by atomic mass is 16.5. The highest BCUT2D eigenvalue weighted by Crippen LogP contribution is 2.42. The summed E-state index contributed by atoms with van der Waals surface area (Å²) in [5.41, 5.74) is 4.68. The standard InChI is InChI=1S/C24H28N4O2/c1-16-9-20(26-25-16)15-27-13-18-12-19(14-27)23(28-22(18)7-4-8-24(28)29)11-17-5-3-6-21(10-17)30-2/h3-10,18-19,23H,11-15H2,1-2H3,(H,25,26)/t18-,19+,23+/m1/s1. The molecular formula is C24H28N4O2. The van der Waals surface area contributed by atoms with E-state index in [1.165, 1.54) is 11.3 Å². The highest BCUT2D eigenvalue weighted by Gasteiger charge is 2.40. The van der Waals surface area contributed by atoms with Gasteiger partial charge in [-0.05, 0) is 55.5 Å². The maximum absolute atomic E-state index is 12.9. The summed E-state index contributed by atoms with van der Waals surface area (Å²) in [6.07, 6.45) is 1.97. The van der Waals surface area contributed by atoms with Crippen LogP contribution in [0.1, 0.15) is 41.0 Å². The summed E-state index contributed by atoms with van der Waals surface area (Å²) in [6, 6.07) is 16.2. The topological polar surface area (TPSA) is 63.1 Å². The quantitative estimate of drug-likeness (QED) is 0.709. The lowest BCUT2D eigenvalue weighted by molar-refractivity contribution is 0.0844. The minimum atomic E-state index is 0.117. The van der Waals surface area contributed by atoms with Crippen LogP contribution in [0.3, 0.4) is 0 Å². The van der Waals surface area contributed by atoms with E-state index in [9.17, 15) is 4.79 Å². The molecule has 2 aliphatic rings. The number of H-pyrrole nitrogens is 1. The second kappa shape index (κ2) is 7.76. The third-order valence-corrected chi connectivity index (χ3v) is 6.60. The van der Waals surface area contributed by atoms with Crippen LogP contribution < -0.4 is 10.3 Å². The average Bonchev–Trinajstić information content (AvgIpc) is 3.16. The van der Waals surface area contributed by atoms with Gasteiger partial charge in [0, 0.05) is 49.0 Å². The van der Waals surface area contributed by atoms with Crippen LogP contribution in [0.2, 0.25) is 0 Å². The van der Waals surface area contributed by atoms with Gasteiger partial charge in [0.05, 0.1) is 12.8 Å². The van der Waals surface area contributed by atoms with E-state index in [4.69, 9.17) is 4.74 Å². The molecular weight excluding hydrogens is 376 g/mol. The first-order chi connectivity index (χ1) is 14.6. The number of nitrogens with zero attached hydrogens (tertiary/aromatic N) is 3. The normalized spacial score (nSPS) is 23.2. The number of aryl methyl sites for hydroxylation is 1. The van der Waals surface area contributed by atoms with E-state index in [0.717, 1.165) is 49.6 Å². The van der Waals surface area contributed by atoms with Gasteiger partial charge in [0.1, 0.15) is 5.75 Å². The predicted molar refractivity (Wildman–Crippen MR) is 116 cm³/mol. The third kappa shape index (κ3) is 3.56. The van der Waals surface area contributed by atoms with Gasteiger partial charge in [-0.1, -0.05) is 18.2 Å². The summed E-state index contributed by atoms with van der Waals surface area (Å²) >= 11 is 0. The molecule has 2 aromatic heterocycles. The lowest BCUT2D eigenvalue weighted by Crippen LogP contribution is -2.49. The van der Waals surface area contributed by atoms with E-state index in [1.54, 1.807) is 13.2 Å². The van der Waals surface area contributed by atoms with E-state index in [2.05, 4.69) is 43.9 Å². The Morgan fingerprint density at radius 1 is 1.17 bits per heavy atom. The molecule has 1 N–H and O–H groups in total. The van der Waals surface area contributed by atoms with Gasteiger partial charge in [-0.2, -0.15) is 5.10 Å². The van der Waals surface area contributed by atoms with Crippen molar-refractivity contribution in [2.75, 3.05) is 20.2 Å². The number of aromatic nitrogens is 3. The lowest BCUT2D eigenvalue weighted by atomic mass is 9.76. The largest absolute Gasteiger partial charge is 0.497 e. The van der Waals surface area contributed by atoms with E-state index in [-0.39, 0.29) is 11.6 Å². The molecule has 0 unspecified atom stereocenters. The Labute approximate surface area is 176 Å². The first kappa shape index (κ1) is 19.1. The van der Waals surface area contributed by atoms with Crippen molar-refractivity contribution in [1.29, 1.82) is 0 Å². The highest BCUT2D eigenvalue weighted by molar-refractivity contribution is 5.30. The zero-order valence-corrected chi connectivity index (χ0v) is 17.5.